The molecule has 46 valence electrons. The van der Waals surface area contributed by atoms with Crippen molar-refractivity contribution in [3.63, 3.8) is 0 Å². The van der Waals surface area contributed by atoms with Crippen molar-refractivity contribution >= 4 is 11.6 Å². The van der Waals surface area contributed by atoms with E-state index in [9.17, 15) is 0 Å². The minimum Gasteiger partial charge on any atom is -0.397 e. The van der Waals surface area contributed by atoms with E-state index in [4.69, 9.17) is 21.8 Å². The van der Waals surface area contributed by atoms with Gasteiger partial charge in [0.25, 0.3) is 0 Å². The second kappa shape index (κ2) is 16.4. The first-order valence-electron chi connectivity index (χ1n) is 2.11. The molecule has 0 bridgehead atoms. The summed E-state index contributed by atoms with van der Waals surface area (Å²) in [5, 5.41) is 15.3. The van der Waals surface area contributed by atoms with Crippen LogP contribution in [0.1, 0.15) is 6.92 Å². The number of hydrogen-bond acceptors (Lipinski definition) is 2. The van der Waals surface area contributed by atoms with Gasteiger partial charge in [0.05, 0.1) is 6.61 Å². The molecule has 0 atom stereocenters. The molecule has 0 aromatic heterocycles. The molecular weight excluding hydrogens is 115 g/mol. The van der Waals surface area contributed by atoms with Gasteiger partial charge in [-0.05, 0) is 6.92 Å². The van der Waals surface area contributed by atoms with E-state index in [0.717, 1.165) is 0 Å². The van der Waals surface area contributed by atoms with Crippen molar-refractivity contribution in [1.29, 1.82) is 0 Å². The number of aliphatic hydroxyl groups excluding tert-OH is 2. The second-order valence-electron chi connectivity index (χ2n) is 0.729. The lowest BCUT2D eigenvalue weighted by Crippen LogP contribution is -1.76. The summed E-state index contributed by atoms with van der Waals surface area (Å²) in [6, 6.07) is 0. The van der Waals surface area contributed by atoms with E-state index in [-0.39, 0.29) is 13.2 Å². The molecule has 0 aliphatic carbocycles. The van der Waals surface area contributed by atoms with Gasteiger partial charge in [0.1, 0.15) is 0 Å². The SMILES string of the molecule is CCO.OCCCl. The number of rotatable bonds is 1. The fraction of sp³-hybridized carbons (Fsp3) is 1.00. The van der Waals surface area contributed by atoms with Crippen molar-refractivity contribution in [2.24, 2.45) is 0 Å². The lowest BCUT2D eigenvalue weighted by atomic mass is 10.9. The highest BCUT2D eigenvalue weighted by molar-refractivity contribution is 6.17. The average molecular weight is 127 g/mol. The third kappa shape index (κ3) is 75.2. The van der Waals surface area contributed by atoms with Crippen LogP contribution in [0.25, 0.3) is 0 Å². The third-order valence-corrected chi connectivity index (χ3v) is 0.254. The standard InChI is InChI=1S/C2H5ClO.C2H6O/c3-1-2-4;1-2-3/h4H,1-2H2;3H,2H2,1H3. The van der Waals surface area contributed by atoms with Gasteiger partial charge in [-0.2, -0.15) is 0 Å². The van der Waals surface area contributed by atoms with E-state index >= 15 is 0 Å². The molecular formula is C4H11ClO2. The Morgan fingerprint density at radius 2 is 1.57 bits per heavy atom. The highest BCUT2D eigenvalue weighted by Crippen LogP contribution is 1.63. The molecule has 0 rings (SSSR count). The van der Waals surface area contributed by atoms with E-state index in [1.807, 2.05) is 0 Å². The first-order valence-corrected chi connectivity index (χ1v) is 2.64. The zero-order valence-electron chi connectivity index (χ0n) is 4.39. The first-order chi connectivity index (χ1) is 3.33. The lowest BCUT2D eigenvalue weighted by Gasteiger charge is -1.67. The number of hydrogen-bond donors (Lipinski definition) is 2. The van der Waals surface area contributed by atoms with Crippen LogP contribution in [0.2, 0.25) is 0 Å². The summed E-state index contributed by atoms with van der Waals surface area (Å²) in [5.74, 6) is 0.347. The zero-order chi connectivity index (χ0) is 6.12. The number of aliphatic hydroxyl groups is 2. The molecule has 0 aromatic rings. The van der Waals surface area contributed by atoms with E-state index in [1.165, 1.54) is 0 Å². The Kier molecular flexibility index (Phi) is 23.9. The normalized spacial score (nSPS) is 6.86. The van der Waals surface area contributed by atoms with Crippen LogP contribution in [0, 0.1) is 0 Å². The topological polar surface area (TPSA) is 40.5 Å². The Morgan fingerprint density at radius 3 is 1.57 bits per heavy atom. The maximum atomic E-state index is 7.74. The summed E-state index contributed by atoms with van der Waals surface area (Å²) in [6.45, 7) is 2.02. The molecule has 0 heterocycles. The lowest BCUT2D eigenvalue weighted by molar-refractivity contribution is 0.318. The molecule has 0 aliphatic rings. The fourth-order valence-corrected chi connectivity index (χ4v) is 0. The van der Waals surface area contributed by atoms with E-state index < -0.39 is 0 Å². The maximum absolute atomic E-state index is 7.74. The third-order valence-electron chi connectivity index (χ3n) is 0.0845. The van der Waals surface area contributed by atoms with Gasteiger partial charge < -0.3 is 10.2 Å². The minimum atomic E-state index is 0.0849. The van der Waals surface area contributed by atoms with Gasteiger partial charge in [-0.15, -0.1) is 11.6 Å². The van der Waals surface area contributed by atoms with Gasteiger partial charge in [0, 0.05) is 12.5 Å². The van der Waals surface area contributed by atoms with Crippen LogP contribution in [-0.4, -0.2) is 29.3 Å². The predicted octanol–water partition coefficient (Wildman–Crippen LogP) is 0.216. The van der Waals surface area contributed by atoms with Gasteiger partial charge in [0.15, 0.2) is 0 Å². The molecule has 0 aromatic carbocycles. The molecule has 0 radical (unpaired) electrons. The van der Waals surface area contributed by atoms with Crippen LogP contribution in [-0.2, 0) is 0 Å². The summed E-state index contributed by atoms with van der Waals surface area (Å²) < 4.78 is 0. The molecule has 3 heteroatoms. The van der Waals surface area contributed by atoms with Gasteiger partial charge in [-0.25, -0.2) is 0 Å². The molecule has 0 aliphatic heterocycles. The molecule has 2 nitrogen and oxygen atoms in total. The quantitative estimate of drug-likeness (QED) is 0.494. The second-order valence-corrected chi connectivity index (χ2v) is 1.11. The highest BCUT2D eigenvalue weighted by atomic mass is 35.5. The van der Waals surface area contributed by atoms with E-state index in [2.05, 4.69) is 0 Å². The van der Waals surface area contributed by atoms with Crippen LogP contribution in [0.15, 0.2) is 0 Å². The van der Waals surface area contributed by atoms with Crippen LogP contribution in [0.5, 0.6) is 0 Å². The molecule has 0 spiro atoms. The van der Waals surface area contributed by atoms with Crippen LogP contribution >= 0.6 is 11.6 Å². The molecule has 0 saturated carbocycles. The minimum absolute atomic E-state index is 0.0849. The largest absolute Gasteiger partial charge is 0.397 e. The van der Waals surface area contributed by atoms with Gasteiger partial charge in [-0.3, -0.25) is 0 Å². The van der Waals surface area contributed by atoms with Gasteiger partial charge >= 0.3 is 0 Å². The van der Waals surface area contributed by atoms with Crippen molar-refractivity contribution in [2.45, 2.75) is 6.92 Å². The smallest absolute Gasteiger partial charge is 0.0566 e. The van der Waals surface area contributed by atoms with E-state index in [0.29, 0.717) is 5.88 Å². The zero-order valence-corrected chi connectivity index (χ0v) is 5.15. The molecule has 7 heavy (non-hydrogen) atoms. The summed E-state index contributed by atoms with van der Waals surface area (Å²) in [6.07, 6.45) is 0. The summed E-state index contributed by atoms with van der Waals surface area (Å²) in [5.41, 5.74) is 0. The summed E-state index contributed by atoms with van der Waals surface area (Å²) in [7, 11) is 0. The summed E-state index contributed by atoms with van der Waals surface area (Å²) in [4.78, 5) is 0. The number of alkyl halides is 1. The number of halogens is 1. The van der Waals surface area contributed by atoms with Crippen molar-refractivity contribution < 1.29 is 10.2 Å². The highest BCUT2D eigenvalue weighted by Gasteiger charge is 1.60. The van der Waals surface area contributed by atoms with Crippen molar-refractivity contribution in [3.8, 4) is 0 Å². The Bertz CT molecular complexity index is 17.2. The average Bonchev–Trinajstić information content (AvgIpc) is 1.69. The van der Waals surface area contributed by atoms with Gasteiger partial charge in [0.2, 0.25) is 0 Å². The van der Waals surface area contributed by atoms with Gasteiger partial charge in [-0.1, -0.05) is 0 Å². The molecule has 0 saturated heterocycles. The van der Waals surface area contributed by atoms with Crippen molar-refractivity contribution in [1.82, 2.24) is 0 Å². The first kappa shape index (κ1) is 10.2. The molecule has 0 amide bonds. The summed E-state index contributed by atoms with van der Waals surface area (Å²) >= 11 is 4.94. The maximum Gasteiger partial charge on any atom is 0.0566 e. The molecule has 2 N–H and O–H groups in total. The predicted molar refractivity (Wildman–Crippen MR) is 30.6 cm³/mol. The van der Waals surface area contributed by atoms with E-state index in [1.54, 1.807) is 6.92 Å². The fourth-order valence-electron chi connectivity index (χ4n) is 0. The Balaban J connectivity index is 0. The molecule has 0 fully saturated rings. The molecule has 0 unspecified atom stereocenters. The Morgan fingerprint density at radius 1 is 1.43 bits per heavy atom. The monoisotopic (exact) mass is 126 g/mol. The van der Waals surface area contributed by atoms with Crippen molar-refractivity contribution in [2.75, 3.05) is 19.1 Å². The Labute approximate surface area is 48.7 Å². The Hall–Kier alpha value is 0.210. The van der Waals surface area contributed by atoms with Crippen LogP contribution in [0.4, 0.5) is 0 Å². The van der Waals surface area contributed by atoms with Crippen LogP contribution in [0.3, 0.4) is 0 Å². The van der Waals surface area contributed by atoms with Crippen LogP contribution < -0.4 is 0 Å². The van der Waals surface area contributed by atoms with Crippen molar-refractivity contribution in [3.05, 3.63) is 0 Å².